The molecule has 4 heteroatoms. The van der Waals surface area contributed by atoms with E-state index in [0.29, 0.717) is 6.04 Å². The zero-order valence-corrected chi connectivity index (χ0v) is 11.3. The van der Waals surface area contributed by atoms with Crippen molar-refractivity contribution in [1.29, 1.82) is 0 Å². The van der Waals surface area contributed by atoms with Crippen LogP contribution in [0.1, 0.15) is 51.4 Å². The third-order valence-electron chi connectivity index (χ3n) is 4.03. The van der Waals surface area contributed by atoms with Crippen molar-refractivity contribution in [3.63, 3.8) is 0 Å². The molecule has 1 aliphatic carbocycles. The summed E-state index contributed by atoms with van der Waals surface area (Å²) in [7, 11) is 0. The van der Waals surface area contributed by atoms with Crippen molar-refractivity contribution in [2.75, 3.05) is 13.2 Å². The molecule has 2 fully saturated rings. The maximum atomic E-state index is 9.39. The van der Waals surface area contributed by atoms with E-state index in [-0.39, 0.29) is 12.6 Å². The van der Waals surface area contributed by atoms with Crippen LogP contribution < -0.4 is 5.32 Å². The third kappa shape index (κ3) is 3.55. The van der Waals surface area contributed by atoms with Crippen LogP contribution in [-0.2, 0) is 0 Å². The van der Waals surface area contributed by atoms with Crippen molar-refractivity contribution >= 4 is 17.3 Å². The molecule has 1 unspecified atom stereocenters. The van der Waals surface area contributed by atoms with Gasteiger partial charge in [0.05, 0.1) is 12.6 Å². The normalized spacial score (nSPS) is 26.9. The molecule has 2 N–H and O–H groups in total. The highest BCUT2D eigenvalue weighted by Crippen LogP contribution is 2.20. The second kappa shape index (κ2) is 6.55. The van der Waals surface area contributed by atoms with E-state index in [9.17, 15) is 5.11 Å². The number of nitrogens with zero attached hydrogens (tertiary/aromatic N) is 1. The van der Waals surface area contributed by atoms with Gasteiger partial charge in [-0.1, -0.05) is 19.3 Å². The molecule has 1 heterocycles. The molecular formula is C13H24N2OS. The number of rotatable bonds is 2. The van der Waals surface area contributed by atoms with Gasteiger partial charge in [0, 0.05) is 12.6 Å². The lowest BCUT2D eigenvalue weighted by atomic mass is 9.95. The molecule has 1 atom stereocenters. The van der Waals surface area contributed by atoms with E-state index in [2.05, 4.69) is 10.2 Å². The van der Waals surface area contributed by atoms with E-state index in [1.54, 1.807) is 0 Å². The van der Waals surface area contributed by atoms with E-state index < -0.39 is 0 Å². The third-order valence-corrected chi connectivity index (χ3v) is 4.38. The van der Waals surface area contributed by atoms with E-state index in [0.717, 1.165) is 18.1 Å². The maximum absolute atomic E-state index is 9.39. The number of aliphatic hydroxyl groups excluding tert-OH is 1. The van der Waals surface area contributed by atoms with E-state index in [1.165, 1.54) is 44.9 Å². The first-order valence-electron chi connectivity index (χ1n) is 6.99. The molecule has 0 radical (unpaired) electrons. The highest BCUT2D eigenvalue weighted by atomic mass is 32.1. The summed E-state index contributed by atoms with van der Waals surface area (Å²) in [6.07, 6.45) is 10.00. The molecule has 0 bridgehead atoms. The van der Waals surface area contributed by atoms with Gasteiger partial charge in [-0.05, 0) is 44.3 Å². The van der Waals surface area contributed by atoms with Crippen molar-refractivity contribution in [3.05, 3.63) is 0 Å². The van der Waals surface area contributed by atoms with E-state index >= 15 is 0 Å². The summed E-state index contributed by atoms with van der Waals surface area (Å²) >= 11 is 5.50. The Labute approximate surface area is 110 Å². The predicted molar refractivity (Wildman–Crippen MR) is 74.0 cm³/mol. The van der Waals surface area contributed by atoms with E-state index in [4.69, 9.17) is 12.2 Å². The summed E-state index contributed by atoms with van der Waals surface area (Å²) in [6.45, 7) is 1.23. The minimum Gasteiger partial charge on any atom is -0.394 e. The Morgan fingerprint density at radius 2 is 1.82 bits per heavy atom. The Morgan fingerprint density at radius 3 is 2.53 bits per heavy atom. The van der Waals surface area contributed by atoms with Crippen molar-refractivity contribution in [3.8, 4) is 0 Å². The van der Waals surface area contributed by atoms with Crippen molar-refractivity contribution in [2.45, 2.75) is 63.5 Å². The predicted octanol–water partition coefficient (Wildman–Crippen LogP) is 2.04. The molecule has 0 aromatic heterocycles. The first-order valence-corrected chi connectivity index (χ1v) is 7.40. The van der Waals surface area contributed by atoms with Crippen LogP contribution in [0.3, 0.4) is 0 Å². The van der Waals surface area contributed by atoms with E-state index in [1.807, 2.05) is 0 Å². The smallest absolute Gasteiger partial charge is 0.169 e. The van der Waals surface area contributed by atoms with Gasteiger partial charge in [-0.25, -0.2) is 0 Å². The number of likely N-dealkylation sites (tertiary alicyclic amines) is 1. The average Bonchev–Trinajstić information content (AvgIpc) is 2.40. The Morgan fingerprint density at radius 1 is 1.12 bits per heavy atom. The van der Waals surface area contributed by atoms with Crippen LogP contribution in [-0.4, -0.2) is 40.4 Å². The van der Waals surface area contributed by atoms with Gasteiger partial charge >= 0.3 is 0 Å². The van der Waals surface area contributed by atoms with Gasteiger partial charge in [-0.15, -0.1) is 0 Å². The Kier molecular flexibility index (Phi) is 5.04. The fourth-order valence-corrected chi connectivity index (χ4v) is 3.37. The summed E-state index contributed by atoms with van der Waals surface area (Å²) in [5, 5.41) is 13.8. The molecule has 0 amide bonds. The summed E-state index contributed by atoms with van der Waals surface area (Å²) in [5.41, 5.74) is 0. The Bertz CT molecular complexity index is 254. The second-order valence-corrected chi connectivity index (χ2v) is 5.70. The van der Waals surface area contributed by atoms with Crippen LogP contribution in [0.25, 0.3) is 0 Å². The number of hydrogen-bond donors (Lipinski definition) is 2. The summed E-state index contributed by atoms with van der Waals surface area (Å²) in [5.74, 6) is 0. The standard InChI is InChI=1S/C13H24N2OS/c16-10-12-8-4-5-9-15(12)13(17)14-11-6-2-1-3-7-11/h11-12,16H,1-10H2,(H,14,17). The topological polar surface area (TPSA) is 35.5 Å². The minimum atomic E-state index is 0.229. The lowest BCUT2D eigenvalue weighted by Gasteiger charge is -2.38. The van der Waals surface area contributed by atoms with Gasteiger partial charge in [0.25, 0.3) is 0 Å². The fourth-order valence-electron chi connectivity index (χ4n) is 2.96. The zero-order valence-electron chi connectivity index (χ0n) is 10.5. The lowest BCUT2D eigenvalue weighted by molar-refractivity contribution is 0.144. The molecule has 1 saturated carbocycles. The van der Waals surface area contributed by atoms with Gasteiger partial charge in [0.15, 0.2) is 5.11 Å². The monoisotopic (exact) mass is 256 g/mol. The van der Waals surface area contributed by atoms with Crippen LogP contribution in [0.5, 0.6) is 0 Å². The summed E-state index contributed by atoms with van der Waals surface area (Å²) < 4.78 is 0. The van der Waals surface area contributed by atoms with Gasteiger partial charge < -0.3 is 15.3 Å². The van der Waals surface area contributed by atoms with Crippen LogP contribution in [0.15, 0.2) is 0 Å². The lowest BCUT2D eigenvalue weighted by Crippen LogP contribution is -2.52. The molecule has 0 aromatic carbocycles. The molecule has 0 spiro atoms. The average molecular weight is 256 g/mol. The van der Waals surface area contributed by atoms with Crippen LogP contribution in [0.2, 0.25) is 0 Å². The maximum Gasteiger partial charge on any atom is 0.169 e. The van der Waals surface area contributed by atoms with Crippen LogP contribution in [0, 0.1) is 0 Å². The molecule has 98 valence electrons. The molecule has 17 heavy (non-hydrogen) atoms. The highest BCUT2D eigenvalue weighted by molar-refractivity contribution is 7.80. The fraction of sp³-hybridized carbons (Fsp3) is 0.923. The SMILES string of the molecule is OCC1CCCCN1C(=S)NC1CCCCC1. The molecule has 1 aliphatic heterocycles. The molecule has 3 nitrogen and oxygen atoms in total. The van der Waals surface area contributed by atoms with Crippen molar-refractivity contribution in [2.24, 2.45) is 0 Å². The van der Waals surface area contributed by atoms with Crippen molar-refractivity contribution in [1.82, 2.24) is 10.2 Å². The number of aliphatic hydroxyl groups is 1. The first kappa shape index (κ1) is 13.1. The largest absolute Gasteiger partial charge is 0.394 e. The van der Waals surface area contributed by atoms with Crippen molar-refractivity contribution < 1.29 is 5.11 Å². The molecular weight excluding hydrogens is 232 g/mol. The van der Waals surface area contributed by atoms with Gasteiger partial charge in [-0.3, -0.25) is 0 Å². The molecule has 2 aliphatic rings. The Hall–Kier alpha value is -0.350. The second-order valence-electron chi connectivity index (χ2n) is 5.31. The van der Waals surface area contributed by atoms with Crippen LogP contribution >= 0.6 is 12.2 Å². The minimum absolute atomic E-state index is 0.229. The Balaban J connectivity index is 1.84. The summed E-state index contributed by atoms with van der Waals surface area (Å²) in [4.78, 5) is 2.20. The van der Waals surface area contributed by atoms with Gasteiger partial charge in [-0.2, -0.15) is 0 Å². The van der Waals surface area contributed by atoms with Gasteiger partial charge in [0.1, 0.15) is 0 Å². The zero-order chi connectivity index (χ0) is 12.1. The van der Waals surface area contributed by atoms with Crippen LogP contribution in [0.4, 0.5) is 0 Å². The number of nitrogens with one attached hydrogen (secondary N) is 1. The molecule has 2 rings (SSSR count). The number of piperidine rings is 1. The molecule has 0 aromatic rings. The molecule has 1 saturated heterocycles. The summed E-state index contributed by atoms with van der Waals surface area (Å²) in [6, 6.07) is 0.810. The number of thiocarbonyl (C=S) groups is 1. The highest BCUT2D eigenvalue weighted by Gasteiger charge is 2.25. The quantitative estimate of drug-likeness (QED) is 0.741. The first-order chi connectivity index (χ1) is 8.31. The number of hydrogen-bond acceptors (Lipinski definition) is 2. The van der Waals surface area contributed by atoms with Gasteiger partial charge in [0.2, 0.25) is 0 Å².